The maximum Gasteiger partial charge on any atom is 0.573 e. The summed E-state index contributed by atoms with van der Waals surface area (Å²) >= 11 is 0. The predicted octanol–water partition coefficient (Wildman–Crippen LogP) is 2.78. The number of rotatable bonds is 2. The first-order valence-electron chi connectivity index (χ1n) is 3.98. The third-order valence-electron chi connectivity index (χ3n) is 1.65. The van der Waals surface area contributed by atoms with Gasteiger partial charge in [-0.15, -0.1) is 13.2 Å². The molecule has 3 nitrogen and oxygen atoms in total. The fourth-order valence-corrected chi connectivity index (χ4v) is 1.03. The molecule has 0 fully saturated rings. The van der Waals surface area contributed by atoms with Crippen molar-refractivity contribution in [1.82, 2.24) is 0 Å². The number of hydrogen-bond acceptors (Lipinski definition) is 3. The highest BCUT2D eigenvalue weighted by Crippen LogP contribution is 2.26. The van der Waals surface area contributed by atoms with Crippen molar-refractivity contribution in [2.45, 2.75) is 13.3 Å². The van der Waals surface area contributed by atoms with Gasteiger partial charge in [-0.1, -0.05) is 17.3 Å². The summed E-state index contributed by atoms with van der Waals surface area (Å²) in [7, 11) is 0. The van der Waals surface area contributed by atoms with Crippen LogP contribution in [-0.4, -0.2) is 17.3 Å². The zero-order valence-electron chi connectivity index (χ0n) is 7.75. The molecule has 0 aliphatic rings. The van der Waals surface area contributed by atoms with Gasteiger partial charge in [-0.2, -0.15) is 0 Å². The quantitative estimate of drug-likeness (QED) is 0.472. The van der Waals surface area contributed by atoms with E-state index in [9.17, 15) is 13.2 Å². The van der Waals surface area contributed by atoms with Crippen LogP contribution in [0, 0.1) is 0 Å². The molecule has 15 heavy (non-hydrogen) atoms. The van der Waals surface area contributed by atoms with Crippen LogP contribution >= 0.6 is 0 Å². The van der Waals surface area contributed by atoms with E-state index in [0.29, 0.717) is 0 Å². The lowest BCUT2D eigenvalue weighted by atomic mass is 10.1. The molecule has 1 aromatic rings. The van der Waals surface area contributed by atoms with Gasteiger partial charge >= 0.3 is 6.36 Å². The van der Waals surface area contributed by atoms with Gasteiger partial charge in [0.2, 0.25) is 0 Å². The number of para-hydroxylation sites is 1. The Morgan fingerprint density at radius 2 is 1.93 bits per heavy atom. The second-order valence-electron chi connectivity index (χ2n) is 2.73. The van der Waals surface area contributed by atoms with Crippen LogP contribution < -0.4 is 4.74 Å². The lowest BCUT2D eigenvalue weighted by molar-refractivity contribution is -0.274. The fraction of sp³-hybridized carbons (Fsp3) is 0.222. The minimum Gasteiger partial charge on any atom is -0.411 e. The van der Waals surface area contributed by atoms with Gasteiger partial charge in [0.25, 0.3) is 0 Å². The molecule has 6 heteroatoms. The highest BCUT2D eigenvalue weighted by molar-refractivity contribution is 6.00. The van der Waals surface area contributed by atoms with E-state index in [1.165, 1.54) is 25.1 Å². The number of oxime groups is 1. The molecule has 0 unspecified atom stereocenters. The van der Waals surface area contributed by atoms with E-state index in [0.717, 1.165) is 6.07 Å². The van der Waals surface area contributed by atoms with Gasteiger partial charge in [0.05, 0.1) is 5.71 Å². The van der Waals surface area contributed by atoms with Gasteiger partial charge in [-0.05, 0) is 19.1 Å². The molecule has 0 heterocycles. The molecular weight excluding hydrogens is 211 g/mol. The lowest BCUT2D eigenvalue weighted by Gasteiger charge is -2.12. The Balaban J connectivity index is 3.07. The summed E-state index contributed by atoms with van der Waals surface area (Å²) in [5.41, 5.74) is 0.146. The number of alkyl halides is 3. The highest BCUT2D eigenvalue weighted by atomic mass is 19.4. The van der Waals surface area contributed by atoms with Gasteiger partial charge in [-0.25, -0.2) is 0 Å². The van der Waals surface area contributed by atoms with E-state index in [1.54, 1.807) is 0 Å². The third-order valence-corrected chi connectivity index (χ3v) is 1.65. The van der Waals surface area contributed by atoms with Gasteiger partial charge < -0.3 is 9.94 Å². The summed E-state index contributed by atoms with van der Waals surface area (Å²) in [6, 6.07) is 5.44. The monoisotopic (exact) mass is 219 g/mol. The van der Waals surface area contributed by atoms with Gasteiger partial charge in [-0.3, -0.25) is 0 Å². The molecule has 0 radical (unpaired) electrons. The summed E-state index contributed by atoms with van der Waals surface area (Å²) in [4.78, 5) is 0. The summed E-state index contributed by atoms with van der Waals surface area (Å²) in [6.45, 7) is 1.37. The van der Waals surface area contributed by atoms with Crippen LogP contribution in [0.2, 0.25) is 0 Å². The molecular formula is C9H8F3NO2. The standard InChI is InChI=1S/C9H8F3NO2/c1-6(13-14)7-4-2-3-5-8(7)15-9(10,11)12/h2-5,14H,1H3/b13-6-. The SMILES string of the molecule is C/C(=N/O)c1ccccc1OC(F)(F)F. The third kappa shape index (κ3) is 3.16. The average Bonchev–Trinajstić information content (AvgIpc) is 2.15. The molecule has 1 rings (SSSR count). The Kier molecular flexibility index (Phi) is 3.18. The van der Waals surface area contributed by atoms with E-state index >= 15 is 0 Å². The number of ether oxygens (including phenoxy) is 1. The summed E-state index contributed by atoms with van der Waals surface area (Å²) < 4.78 is 39.7. The highest BCUT2D eigenvalue weighted by Gasteiger charge is 2.32. The minimum atomic E-state index is -4.76. The van der Waals surface area contributed by atoms with Crippen molar-refractivity contribution < 1.29 is 23.1 Å². The molecule has 0 saturated carbocycles. The summed E-state index contributed by atoms with van der Waals surface area (Å²) in [5, 5.41) is 11.3. The van der Waals surface area contributed by atoms with Crippen molar-refractivity contribution >= 4 is 5.71 Å². The molecule has 0 bridgehead atoms. The lowest BCUT2D eigenvalue weighted by Crippen LogP contribution is -2.18. The van der Waals surface area contributed by atoms with Crippen LogP contribution in [0.1, 0.15) is 12.5 Å². The van der Waals surface area contributed by atoms with Gasteiger partial charge in [0.1, 0.15) is 5.75 Å². The van der Waals surface area contributed by atoms with E-state index in [1.807, 2.05) is 0 Å². The first-order chi connectivity index (χ1) is 6.94. The predicted molar refractivity (Wildman–Crippen MR) is 47.1 cm³/mol. The van der Waals surface area contributed by atoms with Crippen LogP contribution in [0.5, 0.6) is 5.75 Å². The fourth-order valence-electron chi connectivity index (χ4n) is 1.03. The minimum absolute atomic E-state index is 0.0508. The topological polar surface area (TPSA) is 41.8 Å². The second kappa shape index (κ2) is 4.20. The molecule has 0 atom stereocenters. The van der Waals surface area contributed by atoms with Crippen LogP contribution in [0.25, 0.3) is 0 Å². The zero-order chi connectivity index (χ0) is 11.5. The Labute approximate surface area is 83.8 Å². The van der Waals surface area contributed by atoms with Crippen molar-refractivity contribution in [3.05, 3.63) is 29.8 Å². The Hall–Kier alpha value is -1.72. The van der Waals surface area contributed by atoms with Gasteiger partial charge in [0, 0.05) is 5.56 Å². The average molecular weight is 219 g/mol. The molecule has 0 aliphatic carbocycles. The number of benzene rings is 1. The van der Waals surface area contributed by atoms with Crippen LogP contribution in [-0.2, 0) is 0 Å². The van der Waals surface area contributed by atoms with Crippen LogP contribution in [0.3, 0.4) is 0 Å². The Bertz CT molecular complexity index is 374. The molecule has 1 N–H and O–H groups in total. The summed E-state index contributed by atoms with van der Waals surface area (Å²) in [6.07, 6.45) is -4.76. The van der Waals surface area contributed by atoms with E-state index in [4.69, 9.17) is 5.21 Å². The number of nitrogens with zero attached hydrogens (tertiary/aromatic N) is 1. The van der Waals surface area contributed by atoms with E-state index < -0.39 is 6.36 Å². The van der Waals surface area contributed by atoms with Crippen molar-refractivity contribution in [3.63, 3.8) is 0 Å². The first-order valence-corrected chi connectivity index (χ1v) is 3.98. The van der Waals surface area contributed by atoms with E-state index in [-0.39, 0.29) is 17.0 Å². The molecule has 82 valence electrons. The maximum atomic E-state index is 12.0. The molecule has 0 amide bonds. The van der Waals surface area contributed by atoms with Gasteiger partial charge in [0.15, 0.2) is 0 Å². The second-order valence-corrected chi connectivity index (χ2v) is 2.73. The smallest absolute Gasteiger partial charge is 0.411 e. The number of halogens is 3. The largest absolute Gasteiger partial charge is 0.573 e. The molecule has 0 aliphatic heterocycles. The van der Waals surface area contributed by atoms with Crippen molar-refractivity contribution in [2.24, 2.45) is 5.16 Å². The maximum absolute atomic E-state index is 12.0. The number of hydrogen-bond donors (Lipinski definition) is 1. The van der Waals surface area contributed by atoms with Crippen molar-refractivity contribution in [3.8, 4) is 5.75 Å². The zero-order valence-corrected chi connectivity index (χ0v) is 7.75. The van der Waals surface area contributed by atoms with Crippen LogP contribution in [0.15, 0.2) is 29.4 Å². The normalized spacial score (nSPS) is 12.7. The van der Waals surface area contributed by atoms with Crippen LogP contribution in [0.4, 0.5) is 13.2 Å². The van der Waals surface area contributed by atoms with Crippen molar-refractivity contribution in [1.29, 1.82) is 0 Å². The Morgan fingerprint density at radius 3 is 2.47 bits per heavy atom. The van der Waals surface area contributed by atoms with E-state index in [2.05, 4.69) is 9.89 Å². The summed E-state index contributed by atoms with van der Waals surface area (Å²) in [5.74, 6) is -0.389. The molecule has 1 aromatic carbocycles. The van der Waals surface area contributed by atoms with Crippen molar-refractivity contribution in [2.75, 3.05) is 0 Å². The molecule has 0 spiro atoms. The molecule has 0 aromatic heterocycles. The Morgan fingerprint density at radius 1 is 1.33 bits per heavy atom. The first kappa shape index (κ1) is 11.4. The molecule has 0 saturated heterocycles.